The minimum Gasteiger partial charge on any atom is -0.497 e. The molecule has 0 radical (unpaired) electrons. The molecule has 0 spiro atoms. The van der Waals surface area contributed by atoms with Gasteiger partial charge in [-0.05, 0) is 55.5 Å². The van der Waals surface area contributed by atoms with Crippen LogP contribution in [0.2, 0.25) is 0 Å². The third kappa shape index (κ3) is 3.45. The van der Waals surface area contributed by atoms with Gasteiger partial charge in [0.25, 0.3) is 5.89 Å². The van der Waals surface area contributed by atoms with Crippen molar-refractivity contribution >= 4 is 5.97 Å². The van der Waals surface area contributed by atoms with Crippen LogP contribution in [0.5, 0.6) is 5.75 Å². The van der Waals surface area contributed by atoms with Crippen LogP contribution in [0, 0.1) is 6.92 Å². The summed E-state index contributed by atoms with van der Waals surface area (Å²) < 4.78 is 16.9. The van der Waals surface area contributed by atoms with Crippen molar-refractivity contribution < 1.29 is 18.8 Å². The van der Waals surface area contributed by atoms with Crippen LogP contribution in [0.4, 0.5) is 0 Å². The van der Waals surface area contributed by atoms with Crippen molar-refractivity contribution in [2.75, 3.05) is 14.2 Å². The number of hydrogen-bond acceptors (Lipinski definition) is 8. The Hall–Kier alpha value is -4.01. The minimum atomic E-state index is -0.399. The zero-order valence-corrected chi connectivity index (χ0v) is 16.0. The van der Waals surface area contributed by atoms with E-state index in [0.29, 0.717) is 17.1 Å². The van der Waals surface area contributed by atoms with E-state index < -0.39 is 5.97 Å². The van der Waals surface area contributed by atoms with E-state index in [1.165, 1.54) is 7.11 Å². The maximum atomic E-state index is 11.6. The third-order valence-corrected chi connectivity index (χ3v) is 4.40. The lowest BCUT2D eigenvalue weighted by molar-refractivity contribution is 0.0600. The second-order valence-corrected chi connectivity index (χ2v) is 6.13. The number of ether oxygens (including phenoxy) is 2. The summed E-state index contributed by atoms with van der Waals surface area (Å²) in [5, 5.41) is 12.4. The summed E-state index contributed by atoms with van der Waals surface area (Å²) in [7, 11) is 2.95. The molecule has 9 heteroatoms. The molecule has 0 saturated heterocycles. The smallest absolute Gasteiger partial charge is 0.337 e. The molecule has 0 aliphatic rings. The van der Waals surface area contributed by atoms with Gasteiger partial charge in [-0.25, -0.2) is 9.48 Å². The van der Waals surface area contributed by atoms with Crippen molar-refractivity contribution in [3.63, 3.8) is 0 Å². The molecule has 2 aromatic heterocycles. The summed E-state index contributed by atoms with van der Waals surface area (Å²) in [6, 6.07) is 14.2. The first kappa shape index (κ1) is 18.4. The quantitative estimate of drug-likeness (QED) is 0.478. The number of hydrogen-bond donors (Lipinski definition) is 0. The number of rotatable bonds is 5. The number of methoxy groups -OCH3 is 2. The second-order valence-electron chi connectivity index (χ2n) is 6.13. The number of aromatic nitrogens is 5. The number of carbonyl (C=O) groups is 1. The van der Waals surface area contributed by atoms with Gasteiger partial charge in [0, 0.05) is 5.56 Å². The molecule has 0 aliphatic heterocycles. The van der Waals surface area contributed by atoms with Gasteiger partial charge in [0.15, 0.2) is 5.69 Å². The zero-order valence-electron chi connectivity index (χ0n) is 16.0. The average molecular weight is 391 g/mol. The van der Waals surface area contributed by atoms with Crippen LogP contribution in [0.1, 0.15) is 16.1 Å². The monoisotopic (exact) mass is 391 g/mol. The highest BCUT2D eigenvalue weighted by molar-refractivity contribution is 5.89. The molecular formula is C20H17N5O4. The summed E-state index contributed by atoms with van der Waals surface area (Å²) in [6.45, 7) is 1.85. The Morgan fingerprint density at radius 1 is 1.03 bits per heavy atom. The van der Waals surface area contributed by atoms with Gasteiger partial charge < -0.3 is 14.0 Å². The van der Waals surface area contributed by atoms with Crippen molar-refractivity contribution in [1.29, 1.82) is 0 Å². The van der Waals surface area contributed by atoms with E-state index in [9.17, 15) is 4.79 Å². The van der Waals surface area contributed by atoms with Crippen molar-refractivity contribution in [3.05, 3.63) is 59.8 Å². The Morgan fingerprint density at radius 3 is 2.41 bits per heavy atom. The van der Waals surface area contributed by atoms with Crippen LogP contribution in [0.3, 0.4) is 0 Å². The Bertz CT molecular complexity index is 1150. The summed E-state index contributed by atoms with van der Waals surface area (Å²) >= 11 is 0. The van der Waals surface area contributed by atoms with Gasteiger partial charge in [0.1, 0.15) is 5.75 Å². The predicted octanol–water partition coefficient (Wildman–Crippen LogP) is 3.09. The zero-order chi connectivity index (χ0) is 20.4. The van der Waals surface area contributed by atoms with Gasteiger partial charge in [-0.3, -0.25) is 0 Å². The molecule has 2 aromatic carbocycles. The second kappa shape index (κ2) is 7.55. The molecule has 4 aromatic rings. The van der Waals surface area contributed by atoms with E-state index in [0.717, 1.165) is 22.7 Å². The van der Waals surface area contributed by atoms with Crippen molar-refractivity contribution in [2.45, 2.75) is 6.92 Å². The number of carbonyl (C=O) groups excluding carboxylic acids is 1. The standard InChI is InChI=1S/C20H17N5O4/c1-12-17(19-21-18(23-29-19)13-6-10-16(27-2)11-7-13)22-24-25(12)15-8-4-14(5-9-15)20(26)28-3/h4-11H,1-3H3. The number of esters is 1. The van der Waals surface area contributed by atoms with Gasteiger partial charge in [0.05, 0.1) is 31.2 Å². The first-order valence-corrected chi connectivity index (χ1v) is 8.70. The summed E-state index contributed by atoms with van der Waals surface area (Å²) in [5.41, 5.74) is 3.19. The van der Waals surface area contributed by atoms with Crippen LogP contribution in [0.25, 0.3) is 28.7 Å². The molecule has 9 nitrogen and oxygen atoms in total. The van der Waals surface area contributed by atoms with Crippen LogP contribution in [0.15, 0.2) is 53.1 Å². The molecule has 0 bridgehead atoms. The molecular weight excluding hydrogens is 374 g/mol. The lowest BCUT2D eigenvalue weighted by Crippen LogP contribution is -2.03. The molecule has 0 fully saturated rings. The maximum absolute atomic E-state index is 11.6. The van der Waals surface area contributed by atoms with E-state index in [1.54, 1.807) is 36.1 Å². The summed E-state index contributed by atoms with van der Waals surface area (Å²) in [5.74, 6) is 1.06. The summed E-state index contributed by atoms with van der Waals surface area (Å²) in [6.07, 6.45) is 0. The lowest BCUT2D eigenvalue weighted by Gasteiger charge is -2.04. The molecule has 0 atom stereocenters. The van der Waals surface area contributed by atoms with Gasteiger partial charge in [-0.2, -0.15) is 4.98 Å². The predicted molar refractivity (Wildman–Crippen MR) is 103 cm³/mol. The molecule has 29 heavy (non-hydrogen) atoms. The number of nitrogens with zero attached hydrogens (tertiary/aromatic N) is 5. The fourth-order valence-corrected chi connectivity index (χ4v) is 2.81. The van der Waals surface area contributed by atoms with E-state index in [2.05, 4.69) is 20.5 Å². The number of benzene rings is 2. The Morgan fingerprint density at radius 2 is 1.76 bits per heavy atom. The van der Waals surface area contributed by atoms with Crippen LogP contribution < -0.4 is 4.74 Å². The van der Waals surface area contributed by atoms with E-state index in [4.69, 9.17) is 14.0 Å². The lowest BCUT2D eigenvalue weighted by atomic mass is 10.2. The van der Waals surface area contributed by atoms with Gasteiger partial charge in [-0.15, -0.1) is 5.10 Å². The molecule has 0 N–H and O–H groups in total. The largest absolute Gasteiger partial charge is 0.497 e. The highest BCUT2D eigenvalue weighted by Crippen LogP contribution is 2.25. The van der Waals surface area contributed by atoms with Crippen LogP contribution in [-0.2, 0) is 4.74 Å². The van der Waals surface area contributed by atoms with Gasteiger partial charge in [-0.1, -0.05) is 10.4 Å². The Kier molecular flexibility index (Phi) is 4.78. The molecule has 0 amide bonds. The molecule has 0 saturated carbocycles. The first-order valence-electron chi connectivity index (χ1n) is 8.70. The highest BCUT2D eigenvalue weighted by atomic mass is 16.5. The minimum absolute atomic E-state index is 0.269. The topological polar surface area (TPSA) is 105 Å². The van der Waals surface area contributed by atoms with Crippen molar-refractivity contribution in [3.8, 4) is 34.4 Å². The SMILES string of the molecule is COC(=O)c1ccc(-n2nnc(-c3nc(-c4ccc(OC)cc4)no3)c2C)cc1. The van der Waals surface area contributed by atoms with E-state index in [1.807, 2.05) is 31.2 Å². The van der Waals surface area contributed by atoms with E-state index in [-0.39, 0.29) is 5.89 Å². The van der Waals surface area contributed by atoms with Crippen molar-refractivity contribution in [1.82, 2.24) is 25.1 Å². The first-order chi connectivity index (χ1) is 14.1. The van der Waals surface area contributed by atoms with E-state index >= 15 is 0 Å². The average Bonchev–Trinajstić information content (AvgIpc) is 3.40. The molecule has 146 valence electrons. The summed E-state index contributed by atoms with van der Waals surface area (Å²) in [4.78, 5) is 16.0. The Labute approximate surface area is 165 Å². The third-order valence-electron chi connectivity index (χ3n) is 4.40. The van der Waals surface area contributed by atoms with Crippen molar-refractivity contribution in [2.24, 2.45) is 0 Å². The molecule has 4 rings (SSSR count). The fourth-order valence-electron chi connectivity index (χ4n) is 2.81. The molecule has 0 unspecified atom stereocenters. The highest BCUT2D eigenvalue weighted by Gasteiger charge is 2.19. The van der Waals surface area contributed by atoms with Crippen LogP contribution in [-0.4, -0.2) is 45.3 Å². The molecule has 2 heterocycles. The molecule has 0 aliphatic carbocycles. The maximum Gasteiger partial charge on any atom is 0.337 e. The Balaban J connectivity index is 1.62. The van der Waals surface area contributed by atoms with Gasteiger partial charge >= 0.3 is 5.97 Å². The fraction of sp³-hybridized carbons (Fsp3) is 0.150. The van der Waals surface area contributed by atoms with Gasteiger partial charge in [0.2, 0.25) is 5.82 Å². The van der Waals surface area contributed by atoms with Crippen LogP contribution >= 0.6 is 0 Å². The normalized spacial score (nSPS) is 10.7.